The maximum absolute atomic E-state index is 9.06. The van der Waals surface area contributed by atoms with E-state index in [0.717, 1.165) is 25.1 Å². The fraction of sp³-hybridized carbons (Fsp3) is 0.312. The average Bonchev–Trinajstić information content (AvgIpc) is 2.56. The summed E-state index contributed by atoms with van der Waals surface area (Å²) in [4.78, 5) is 10.8. The van der Waals surface area contributed by atoms with Crippen molar-refractivity contribution in [3.05, 3.63) is 48.3 Å². The van der Waals surface area contributed by atoms with E-state index < -0.39 is 0 Å². The fourth-order valence-electron chi connectivity index (χ4n) is 2.67. The molecule has 1 aliphatic heterocycles. The molecule has 21 heavy (non-hydrogen) atoms. The monoisotopic (exact) mass is 279 g/mol. The molecule has 106 valence electrons. The van der Waals surface area contributed by atoms with Gasteiger partial charge in [0.25, 0.3) is 0 Å². The molecule has 1 unspecified atom stereocenters. The normalized spacial score (nSPS) is 18.0. The number of hydrogen-bond acceptors (Lipinski definition) is 5. The summed E-state index contributed by atoms with van der Waals surface area (Å²) in [5.74, 6) is 0.644. The van der Waals surface area contributed by atoms with Gasteiger partial charge in [0.2, 0.25) is 5.95 Å². The number of nitrogens with one attached hydrogen (secondary N) is 1. The van der Waals surface area contributed by atoms with E-state index in [9.17, 15) is 0 Å². The van der Waals surface area contributed by atoms with Crippen molar-refractivity contribution in [1.82, 2.24) is 9.97 Å². The highest BCUT2D eigenvalue weighted by Gasteiger charge is 2.23. The fourth-order valence-corrected chi connectivity index (χ4v) is 2.67. The van der Waals surface area contributed by atoms with E-state index in [1.54, 1.807) is 18.5 Å². The molecule has 0 spiro atoms. The molecule has 1 aliphatic rings. The zero-order valence-electron chi connectivity index (χ0n) is 11.7. The molecule has 1 atom stereocenters. The van der Waals surface area contributed by atoms with Gasteiger partial charge in [-0.15, -0.1) is 0 Å². The van der Waals surface area contributed by atoms with Crippen LogP contribution in [0.1, 0.15) is 24.8 Å². The molecule has 1 fully saturated rings. The minimum absolute atomic E-state index is 0.162. The zero-order valence-corrected chi connectivity index (χ0v) is 11.7. The second-order valence-corrected chi connectivity index (χ2v) is 5.08. The Kier molecular flexibility index (Phi) is 3.97. The molecule has 0 radical (unpaired) electrons. The van der Waals surface area contributed by atoms with Gasteiger partial charge in [-0.25, -0.2) is 9.97 Å². The van der Waals surface area contributed by atoms with Crippen LogP contribution in [0.25, 0.3) is 0 Å². The zero-order chi connectivity index (χ0) is 14.5. The largest absolute Gasteiger partial charge is 0.351 e. The van der Waals surface area contributed by atoms with Crippen LogP contribution in [-0.2, 0) is 0 Å². The molecule has 2 aromatic rings. The molecule has 1 N–H and O–H groups in total. The Bertz CT molecular complexity index is 635. The van der Waals surface area contributed by atoms with E-state index in [-0.39, 0.29) is 6.17 Å². The molecule has 5 nitrogen and oxygen atoms in total. The number of nitriles is 1. The van der Waals surface area contributed by atoms with Crippen LogP contribution >= 0.6 is 0 Å². The Morgan fingerprint density at radius 2 is 2.05 bits per heavy atom. The highest BCUT2D eigenvalue weighted by atomic mass is 15.3. The van der Waals surface area contributed by atoms with Crippen molar-refractivity contribution in [2.45, 2.75) is 25.4 Å². The van der Waals surface area contributed by atoms with E-state index in [1.165, 1.54) is 6.42 Å². The van der Waals surface area contributed by atoms with E-state index in [2.05, 4.69) is 26.3 Å². The third-order valence-electron chi connectivity index (χ3n) is 3.67. The van der Waals surface area contributed by atoms with Crippen molar-refractivity contribution in [3.8, 4) is 6.07 Å². The summed E-state index contributed by atoms with van der Waals surface area (Å²) in [5.41, 5.74) is 1.76. The van der Waals surface area contributed by atoms with Gasteiger partial charge in [0.05, 0.1) is 11.6 Å². The van der Waals surface area contributed by atoms with Gasteiger partial charge in [-0.05, 0) is 43.5 Å². The molecule has 0 amide bonds. The van der Waals surface area contributed by atoms with Gasteiger partial charge in [0, 0.05) is 24.6 Å². The van der Waals surface area contributed by atoms with Gasteiger partial charge in [-0.2, -0.15) is 5.26 Å². The van der Waals surface area contributed by atoms with Crippen LogP contribution in [0.2, 0.25) is 0 Å². The molecule has 0 aliphatic carbocycles. The number of piperidine rings is 1. The predicted molar refractivity (Wildman–Crippen MR) is 81.8 cm³/mol. The molecule has 0 saturated carbocycles. The van der Waals surface area contributed by atoms with Gasteiger partial charge in [0.1, 0.15) is 6.17 Å². The average molecular weight is 279 g/mol. The SMILES string of the molecule is N#Cc1cccc(N2CCCCC2Nc2ncccn2)c1. The summed E-state index contributed by atoms with van der Waals surface area (Å²) in [6, 6.07) is 11.7. The van der Waals surface area contributed by atoms with Crippen LogP contribution in [-0.4, -0.2) is 22.7 Å². The van der Waals surface area contributed by atoms with Crippen LogP contribution < -0.4 is 10.2 Å². The molecule has 0 bridgehead atoms. The van der Waals surface area contributed by atoms with Crippen molar-refractivity contribution in [2.75, 3.05) is 16.8 Å². The lowest BCUT2D eigenvalue weighted by Crippen LogP contribution is -2.45. The van der Waals surface area contributed by atoms with E-state index >= 15 is 0 Å². The Balaban J connectivity index is 1.82. The van der Waals surface area contributed by atoms with Gasteiger partial charge in [0.15, 0.2) is 0 Å². The highest BCUT2D eigenvalue weighted by molar-refractivity contribution is 5.53. The maximum Gasteiger partial charge on any atom is 0.224 e. The van der Waals surface area contributed by atoms with Gasteiger partial charge < -0.3 is 10.2 Å². The lowest BCUT2D eigenvalue weighted by atomic mass is 10.1. The third kappa shape index (κ3) is 3.11. The summed E-state index contributed by atoms with van der Waals surface area (Å²) >= 11 is 0. The second-order valence-electron chi connectivity index (χ2n) is 5.08. The molecule has 1 aromatic heterocycles. The lowest BCUT2D eigenvalue weighted by Gasteiger charge is -2.37. The number of aromatic nitrogens is 2. The lowest BCUT2D eigenvalue weighted by molar-refractivity contribution is 0.491. The van der Waals surface area contributed by atoms with Gasteiger partial charge in [-0.1, -0.05) is 6.07 Å². The summed E-state index contributed by atoms with van der Waals surface area (Å²) in [6.07, 6.45) is 7.01. The molecule has 3 rings (SSSR count). The van der Waals surface area contributed by atoms with E-state index in [4.69, 9.17) is 5.26 Å². The van der Waals surface area contributed by atoms with Crippen molar-refractivity contribution >= 4 is 11.6 Å². The smallest absolute Gasteiger partial charge is 0.224 e. The highest BCUT2D eigenvalue weighted by Crippen LogP contribution is 2.25. The van der Waals surface area contributed by atoms with Gasteiger partial charge in [-0.3, -0.25) is 0 Å². The molecule has 1 aromatic carbocycles. The van der Waals surface area contributed by atoms with Crippen molar-refractivity contribution < 1.29 is 0 Å². The first-order valence-electron chi connectivity index (χ1n) is 7.17. The quantitative estimate of drug-likeness (QED) is 0.936. The summed E-state index contributed by atoms with van der Waals surface area (Å²) < 4.78 is 0. The Morgan fingerprint density at radius 3 is 2.86 bits per heavy atom. The number of rotatable bonds is 3. The number of nitrogens with zero attached hydrogens (tertiary/aromatic N) is 4. The molecular formula is C16H17N5. The third-order valence-corrected chi connectivity index (χ3v) is 3.67. The number of benzene rings is 1. The Labute approximate surface area is 124 Å². The first-order valence-corrected chi connectivity index (χ1v) is 7.17. The maximum atomic E-state index is 9.06. The molecule has 5 heteroatoms. The summed E-state index contributed by atoms with van der Waals surface area (Å²) in [5, 5.41) is 12.4. The number of anilines is 2. The van der Waals surface area contributed by atoms with Crippen molar-refractivity contribution in [1.29, 1.82) is 5.26 Å². The summed E-state index contributed by atoms with van der Waals surface area (Å²) in [7, 11) is 0. The minimum Gasteiger partial charge on any atom is -0.351 e. The molecule has 1 saturated heterocycles. The van der Waals surface area contributed by atoms with Crippen LogP contribution in [0.15, 0.2) is 42.7 Å². The molecule has 2 heterocycles. The first kappa shape index (κ1) is 13.4. The number of hydrogen-bond donors (Lipinski definition) is 1. The van der Waals surface area contributed by atoms with Gasteiger partial charge >= 0.3 is 0 Å². The van der Waals surface area contributed by atoms with Crippen LogP contribution in [0.3, 0.4) is 0 Å². The van der Waals surface area contributed by atoms with Crippen LogP contribution in [0.4, 0.5) is 11.6 Å². The Hall–Kier alpha value is -2.61. The standard InChI is InChI=1S/C16H17N5/c17-12-13-5-3-6-14(11-13)21-10-2-1-7-15(21)20-16-18-8-4-9-19-16/h3-6,8-9,11,15H,1-2,7,10H2,(H,18,19,20). The van der Waals surface area contributed by atoms with Crippen LogP contribution in [0, 0.1) is 11.3 Å². The van der Waals surface area contributed by atoms with E-state index in [0.29, 0.717) is 11.5 Å². The van der Waals surface area contributed by atoms with Crippen LogP contribution in [0.5, 0.6) is 0 Å². The Morgan fingerprint density at radius 1 is 1.19 bits per heavy atom. The summed E-state index contributed by atoms with van der Waals surface area (Å²) in [6.45, 7) is 0.972. The van der Waals surface area contributed by atoms with Crippen molar-refractivity contribution in [2.24, 2.45) is 0 Å². The minimum atomic E-state index is 0.162. The molecular weight excluding hydrogens is 262 g/mol. The second kappa shape index (κ2) is 6.23. The topological polar surface area (TPSA) is 64.8 Å². The predicted octanol–water partition coefficient (Wildman–Crippen LogP) is 2.78. The van der Waals surface area contributed by atoms with Crippen molar-refractivity contribution in [3.63, 3.8) is 0 Å². The van der Waals surface area contributed by atoms with E-state index in [1.807, 2.05) is 24.3 Å². The first-order chi connectivity index (χ1) is 10.4.